The fourth-order valence-electron chi connectivity index (χ4n) is 4.26. The molecule has 0 spiro atoms. The van der Waals surface area contributed by atoms with Crippen LogP contribution < -0.4 is 9.46 Å². The monoisotopic (exact) mass is 472 g/mol. The summed E-state index contributed by atoms with van der Waals surface area (Å²) in [7, 11) is 4.04. The first kappa shape index (κ1) is 22.4. The average molecular weight is 473 g/mol. The van der Waals surface area contributed by atoms with Crippen LogP contribution in [0.4, 0.5) is 5.95 Å². The van der Waals surface area contributed by atoms with Gasteiger partial charge in [-0.3, -0.25) is 9.40 Å². The third-order valence-electron chi connectivity index (χ3n) is 6.02. The van der Waals surface area contributed by atoms with Gasteiger partial charge in [-0.25, -0.2) is 4.98 Å². The Kier molecular flexibility index (Phi) is 6.26. The average Bonchev–Trinajstić information content (AvgIpc) is 3.21. The molecule has 1 N–H and O–H groups in total. The number of rotatable bonds is 7. The molecular weight excluding hydrogens is 444 g/mol. The molecule has 1 aliphatic heterocycles. The van der Waals surface area contributed by atoms with E-state index in [0.29, 0.717) is 17.7 Å². The molecule has 34 heavy (non-hydrogen) atoms. The predicted octanol–water partition coefficient (Wildman–Crippen LogP) is 5.43. The van der Waals surface area contributed by atoms with Crippen molar-refractivity contribution in [3.05, 3.63) is 77.6 Å². The van der Waals surface area contributed by atoms with E-state index in [1.165, 1.54) is 17.5 Å². The lowest BCUT2D eigenvalue weighted by molar-refractivity contribution is 0.189. The van der Waals surface area contributed by atoms with Crippen LogP contribution in [0.15, 0.2) is 65.8 Å². The van der Waals surface area contributed by atoms with Crippen LogP contribution in [0.5, 0.6) is 11.6 Å². The molecule has 8 heteroatoms. The second-order valence-corrected chi connectivity index (χ2v) is 9.70. The number of benzene rings is 2. The van der Waals surface area contributed by atoms with Gasteiger partial charge >= 0.3 is 0 Å². The molecule has 0 unspecified atom stereocenters. The molecule has 4 aromatic rings. The maximum absolute atomic E-state index is 6.20. The van der Waals surface area contributed by atoms with Crippen molar-refractivity contribution in [3.8, 4) is 22.9 Å². The summed E-state index contributed by atoms with van der Waals surface area (Å²) in [6.07, 6.45) is 3.73. The minimum absolute atomic E-state index is 0.484. The largest absolute Gasteiger partial charge is 0.439 e. The van der Waals surface area contributed by atoms with Crippen LogP contribution >= 0.6 is 11.9 Å². The zero-order valence-corrected chi connectivity index (χ0v) is 20.6. The molecule has 1 aliphatic rings. The lowest BCUT2D eigenvalue weighted by Crippen LogP contribution is -2.41. The highest BCUT2D eigenvalue weighted by molar-refractivity contribution is 8.00. The predicted molar refractivity (Wildman–Crippen MR) is 136 cm³/mol. The van der Waals surface area contributed by atoms with Crippen molar-refractivity contribution in [2.24, 2.45) is 7.05 Å². The van der Waals surface area contributed by atoms with Crippen molar-refractivity contribution in [1.82, 2.24) is 24.6 Å². The molecule has 0 radical (unpaired) electrons. The summed E-state index contributed by atoms with van der Waals surface area (Å²) >= 11 is 1.42. The number of aromatic nitrogens is 4. The summed E-state index contributed by atoms with van der Waals surface area (Å²) in [6.45, 7) is 6.40. The molecular formula is C26H28N6OS. The molecule has 3 heterocycles. The maximum atomic E-state index is 6.20. The first-order valence-electron chi connectivity index (χ1n) is 11.3. The SMILES string of the molecule is Cc1cccc(C)c1-c1cc(Oc2ccc(C3CN(C)C3)cc2)nc(NSc2cnn(C)c2)n1. The Hall–Kier alpha value is -3.36. The number of likely N-dealkylation sites (N-methyl/N-ethyl adjacent to an activating group) is 1. The number of aryl methyl sites for hydroxylation is 3. The Morgan fingerprint density at radius 1 is 1.00 bits per heavy atom. The highest BCUT2D eigenvalue weighted by atomic mass is 32.2. The van der Waals surface area contributed by atoms with E-state index in [9.17, 15) is 0 Å². The van der Waals surface area contributed by atoms with Crippen LogP contribution in [-0.2, 0) is 7.05 Å². The highest BCUT2D eigenvalue weighted by Crippen LogP contribution is 2.32. The van der Waals surface area contributed by atoms with Crippen LogP contribution in [0, 0.1) is 13.8 Å². The molecule has 0 atom stereocenters. The maximum Gasteiger partial charge on any atom is 0.237 e. The van der Waals surface area contributed by atoms with Gasteiger partial charge in [0.2, 0.25) is 11.8 Å². The van der Waals surface area contributed by atoms with E-state index in [0.717, 1.165) is 46.1 Å². The highest BCUT2D eigenvalue weighted by Gasteiger charge is 2.24. The van der Waals surface area contributed by atoms with Crippen molar-refractivity contribution in [2.75, 3.05) is 24.9 Å². The van der Waals surface area contributed by atoms with Crippen molar-refractivity contribution in [1.29, 1.82) is 0 Å². The van der Waals surface area contributed by atoms with Crippen LogP contribution in [-0.4, -0.2) is 44.8 Å². The lowest BCUT2D eigenvalue weighted by Gasteiger charge is -2.36. The van der Waals surface area contributed by atoms with Gasteiger partial charge in [0.05, 0.1) is 16.8 Å². The fraction of sp³-hybridized carbons (Fsp3) is 0.269. The van der Waals surface area contributed by atoms with E-state index >= 15 is 0 Å². The van der Waals surface area contributed by atoms with Crippen LogP contribution in [0.3, 0.4) is 0 Å². The van der Waals surface area contributed by atoms with Gasteiger partial charge in [-0.05, 0) is 61.7 Å². The minimum Gasteiger partial charge on any atom is -0.439 e. The third kappa shape index (κ3) is 4.93. The van der Waals surface area contributed by atoms with Crippen LogP contribution in [0.2, 0.25) is 0 Å². The number of ether oxygens (including phenoxy) is 1. The summed E-state index contributed by atoms with van der Waals surface area (Å²) in [5.41, 5.74) is 5.58. The van der Waals surface area contributed by atoms with E-state index in [1.54, 1.807) is 10.9 Å². The number of anilines is 1. The van der Waals surface area contributed by atoms with Gasteiger partial charge in [0.25, 0.3) is 0 Å². The number of hydrogen-bond donors (Lipinski definition) is 1. The molecule has 7 nitrogen and oxygen atoms in total. The van der Waals surface area contributed by atoms with Gasteiger partial charge in [0, 0.05) is 43.9 Å². The smallest absolute Gasteiger partial charge is 0.237 e. The molecule has 0 amide bonds. The molecule has 0 saturated carbocycles. The molecule has 174 valence electrons. The Bertz CT molecular complexity index is 1280. The van der Waals surface area contributed by atoms with Gasteiger partial charge in [-0.2, -0.15) is 10.1 Å². The van der Waals surface area contributed by atoms with Gasteiger partial charge in [-0.1, -0.05) is 30.3 Å². The molecule has 5 rings (SSSR count). The first-order valence-corrected chi connectivity index (χ1v) is 12.1. The molecule has 2 aromatic heterocycles. The Morgan fingerprint density at radius 3 is 2.38 bits per heavy atom. The second-order valence-electron chi connectivity index (χ2n) is 8.82. The van der Waals surface area contributed by atoms with E-state index in [2.05, 4.69) is 70.9 Å². The van der Waals surface area contributed by atoms with E-state index in [4.69, 9.17) is 9.72 Å². The summed E-state index contributed by atoms with van der Waals surface area (Å²) in [4.78, 5) is 12.7. The van der Waals surface area contributed by atoms with Crippen molar-refractivity contribution in [2.45, 2.75) is 24.7 Å². The standard InChI is InChI=1S/C26H28N6OS/c1-17-6-5-7-18(2)25(17)23-12-24(29-26(28-23)30-34-22-13-27-32(4)16-22)33-21-10-8-19(9-11-21)20-14-31(3)15-20/h5-13,16,20H,14-15H2,1-4H3,(H,28,29,30). The summed E-state index contributed by atoms with van der Waals surface area (Å²) in [5, 5.41) is 4.21. The van der Waals surface area contributed by atoms with Gasteiger partial charge in [0.1, 0.15) is 5.75 Å². The number of hydrogen-bond acceptors (Lipinski definition) is 7. The fourth-order valence-corrected chi connectivity index (χ4v) is 4.87. The van der Waals surface area contributed by atoms with E-state index < -0.39 is 0 Å². The van der Waals surface area contributed by atoms with Gasteiger partial charge in [0.15, 0.2) is 0 Å². The molecule has 2 aromatic carbocycles. The summed E-state index contributed by atoms with van der Waals surface area (Å²) in [5.74, 6) is 2.35. The number of likely N-dealkylation sites (tertiary alicyclic amines) is 1. The van der Waals surface area contributed by atoms with Crippen LogP contribution in [0.1, 0.15) is 22.6 Å². The Morgan fingerprint density at radius 2 is 1.74 bits per heavy atom. The Balaban J connectivity index is 1.43. The van der Waals surface area contributed by atoms with E-state index in [-0.39, 0.29) is 0 Å². The number of nitrogens with one attached hydrogen (secondary N) is 1. The van der Waals surface area contributed by atoms with E-state index in [1.807, 2.05) is 31.4 Å². The van der Waals surface area contributed by atoms with Crippen LogP contribution in [0.25, 0.3) is 11.3 Å². The quantitative estimate of drug-likeness (QED) is 0.360. The number of nitrogens with zero attached hydrogens (tertiary/aromatic N) is 5. The molecule has 0 aliphatic carbocycles. The summed E-state index contributed by atoms with van der Waals surface area (Å²) < 4.78 is 11.2. The lowest BCUT2D eigenvalue weighted by atomic mass is 9.92. The zero-order valence-electron chi connectivity index (χ0n) is 19.8. The second kappa shape index (κ2) is 9.48. The molecule has 0 bridgehead atoms. The normalized spacial score (nSPS) is 14.1. The molecule has 1 saturated heterocycles. The van der Waals surface area contributed by atoms with Crippen molar-refractivity contribution < 1.29 is 4.74 Å². The molecule has 1 fully saturated rings. The van der Waals surface area contributed by atoms with Gasteiger partial charge < -0.3 is 9.64 Å². The van der Waals surface area contributed by atoms with Gasteiger partial charge in [-0.15, -0.1) is 0 Å². The van der Waals surface area contributed by atoms with Crippen molar-refractivity contribution in [3.63, 3.8) is 0 Å². The first-order chi connectivity index (χ1) is 16.4. The van der Waals surface area contributed by atoms with Crippen molar-refractivity contribution >= 4 is 17.9 Å². The third-order valence-corrected chi connectivity index (χ3v) is 6.75. The summed E-state index contributed by atoms with van der Waals surface area (Å²) in [6, 6.07) is 16.5. The Labute approximate surface area is 204 Å². The topological polar surface area (TPSA) is 68.1 Å². The zero-order chi connectivity index (χ0) is 23.7. The minimum atomic E-state index is 0.484.